The molecule has 4 nitrogen and oxygen atoms in total. The molecule has 0 spiro atoms. The van der Waals surface area contributed by atoms with Gasteiger partial charge in [-0.2, -0.15) is 0 Å². The molecule has 1 unspecified atom stereocenters. The molecule has 1 rings (SSSR count). The van der Waals surface area contributed by atoms with Crippen molar-refractivity contribution in [2.75, 3.05) is 13.2 Å². The summed E-state index contributed by atoms with van der Waals surface area (Å²) < 4.78 is 5.55. The molecule has 0 aliphatic carbocycles. The van der Waals surface area contributed by atoms with Crippen LogP contribution in [0.5, 0.6) is 5.75 Å². The molecule has 1 aromatic rings. The van der Waals surface area contributed by atoms with Gasteiger partial charge in [-0.25, -0.2) is 0 Å². The molecule has 0 heterocycles. The molecule has 0 aliphatic rings. The number of nitrogens with one attached hydrogen (secondary N) is 1. The average Bonchev–Trinajstić information content (AvgIpc) is 2.41. The van der Waals surface area contributed by atoms with Crippen molar-refractivity contribution in [3.8, 4) is 5.75 Å². The Balaban J connectivity index is 2.72. The first kappa shape index (κ1) is 16.5. The maximum Gasteiger partial charge on any atom is 0.325 e. The van der Waals surface area contributed by atoms with Crippen molar-refractivity contribution in [1.82, 2.24) is 5.32 Å². The summed E-state index contributed by atoms with van der Waals surface area (Å²) in [6.07, 6.45) is 1.88. The highest BCUT2D eigenvalue weighted by Gasteiger charge is 2.19. The Labute approximate surface area is 121 Å². The number of carboxylic acids is 1. The van der Waals surface area contributed by atoms with Gasteiger partial charge in [-0.15, -0.1) is 0 Å². The fourth-order valence-corrected chi connectivity index (χ4v) is 1.87. The van der Waals surface area contributed by atoms with Crippen LogP contribution in [0, 0.1) is 5.92 Å². The molecule has 0 amide bonds. The van der Waals surface area contributed by atoms with Crippen molar-refractivity contribution in [3.05, 3.63) is 29.8 Å². The number of aliphatic carboxylic acids is 1. The summed E-state index contributed by atoms with van der Waals surface area (Å²) in [6, 6.07) is 6.63. The quantitative estimate of drug-likeness (QED) is 0.728. The van der Waals surface area contributed by atoms with Crippen LogP contribution >= 0.6 is 0 Å². The number of benzene rings is 1. The molecule has 0 radical (unpaired) electrons. The molecule has 20 heavy (non-hydrogen) atoms. The zero-order valence-electron chi connectivity index (χ0n) is 12.6. The van der Waals surface area contributed by atoms with Crippen LogP contribution in [-0.4, -0.2) is 24.2 Å². The SMILES string of the molecule is CCCOc1cccc(C(NCCC(C)C)C(=O)O)c1. The van der Waals surface area contributed by atoms with Gasteiger partial charge in [-0.3, -0.25) is 4.79 Å². The van der Waals surface area contributed by atoms with E-state index in [-0.39, 0.29) is 0 Å². The van der Waals surface area contributed by atoms with Crippen LogP contribution in [0.2, 0.25) is 0 Å². The molecule has 0 saturated carbocycles. The predicted molar refractivity (Wildman–Crippen MR) is 80.1 cm³/mol. The maximum absolute atomic E-state index is 11.4. The molecule has 2 N–H and O–H groups in total. The molecule has 4 heteroatoms. The van der Waals surface area contributed by atoms with Gasteiger partial charge in [0.15, 0.2) is 0 Å². The van der Waals surface area contributed by atoms with Crippen LogP contribution < -0.4 is 10.1 Å². The van der Waals surface area contributed by atoms with Crippen molar-refractivity contribution >= 4 is 5.97 Å². The van der Waals surface area contributed by atoms with Crippen LogP contribution in [-0.2, 0) is 4.79 Å². The van der Waals surface area contributed by atoms with Gasteiger partial charge < -0.3 is 15.2 Å². The van der Waals surface area contributed by atoms with E-state index in [0.29, 0.717) is 19.1 Å². The molecule has 112 valence electrons. The van der Waals surface area contributed by atoms with E-state index in [9.17, 15) is 9.90 Å². The normalized spacial score (nSPS) is 12.4. The Bertz CT molecular complexity index is 418. The van der Waals surface area contributed by atoms with E-state index >= 15 is 0 Å². The zero-order chi connectivity index (χ0) is 15.0. The van der Waals surface area contributed by atoms with E-state index in [2.05, 4.69) is 19.2 Å². The third-order valence-corrected chi connectivity index (χ3v) is 2.98. The summed E-state index contributed by atoms with van der Waals surface area (Å²) in [6.45, 7) is 7.61. The summed E-state index contributed by atoms with van der Waals surface area (Å²) in [7, 11) is 0. The number of ether oxygens (including phenoxy) is 1. The number of carboxylic acid groups (broad SMARTS) is 1. The lowest BCUT2D eigenvalue weighted by Crippen LogP contribution is -2.29. The first-order valence-electron chi connectivity index (χ1n) is 7.23. The third kappa shape index (κ3) is 5.61. The fraction of sp³-hybridized carbons (Fsp3) is 0.562. The summed E-state index contributed by atoms with van der Waals surface area (Å²) in [5.41, 5.74) is 0.731. The summed E-state index contributed by atoms with van der Waals surface area (Å²) in [4.78, 5) is 11.4. The molecule has 0 aromatic heterocycles. The molecular formula is C16H25NO3. The van der Waals surface area contributed by atoms with Crippen LogP contribution in [0.25, 0.3) is 0 Å². The number of carbonyl (C=O) groups is 1. The number of hydrogen-bond acceptors (Lipinski definition) is 3. The van der Waals surface area contributed by atoms with Crippen LogP contribution in [0.4, 0.5) is 0 Å². The second-order valence-corrected chi connectivity index (χ2v) is 5.33. The molecular weight excluding hydrogens is 254 g/mol. The van der Waals surface area contributed by atoms with E-state index in [1.54, 1.807) is 6.07 Å². The van der Waals surface area contributed by atoms with Crippen molar-refractivity contribution in [3.63, 3.8) is 0 Å². The predicted octanol–water partition coefficient (Wildman–Crippen LogP) is 3.24. The van der Waals surface area contributed by atoms with E-state index in [1.807, 2.05) is 25.1 Å². The first-order valence-corrected chi connectivity index (χ1v) is 7.23. The molecule has 1 atom stereocenters. The van der Waals surface area contributed by atoms with Crippen LogP contribution in [0.15, 0.2) is 24.3 Å². The monoisotopic (exact) mass is 279 g/mol. The van der Waals surface area contributed by atoms with Crippen LogP contribution in [0.3, 0.4) is 0 Å². The zero-order valence-corrected chi connectivity index (χ0v) is 12.6. The first-order chi connectivity index (χ1) is 9.54. The van der Waals surface area contributed by atoms with Gasteiger partial charge in [0.05, 0.1) is 6.61 Å². The number of hydrogen-bond donors (Lipinski definition) is 2. The highest BCUT2D eigenvalue weighted by molar-refractivity contribution is 5.75. The molecule has 0 saturated heterocycles. The van der Waals surface area contributed by atoms with Gasteiger partial charge in [0.2, 0.25) is 0 Å². The fourth-order valence-electron chi connectivity index (χ4n) is 1.87. The molecule has 1 aromatic carbocycles. The maximum atomic E-state index is 11.4. The summed E-state index contributed by atoms with van der Waals surface area (Å²) in [5.74, 6) is 0.416. The second-order valence-electron chi connectivity index (χ2n) is 5.33. The van der Waals surface area contributed by atoms with Crippen molar-refractivity contribution < 1.29 is 14.6 Å². The van der Waals surface area contributed by atoms with E-state index in [4.69, 9.17) is 4.74 Å². The van der Waals surface area contributed by atoms with Gasteiger partial charge >= 0.3 is 5.97 Å². The third-order valence-electron chi connectivity index (χ3n) is 2.98. The van der Waals surface area contributed by atoms with Gasteiger partial charge in [0.1, 0.15) is 11.8 Å². The van der Waals surface area contributed by atoms with E-state index in [1.165, 1.54) is 0 Å². The van der Waals surface area contributed by atoms with Crippen molar-refractivity contribution in [2.45, 2.75) is 39.7 Å². The van der Waals surface area contributed by atoms with Crippen LogP contribution in [0.1, 0.15) is 45.2 Å². The molecule has 0 aliphatic heterocycles. The lowest BCUT2D eigenvalue weighted by atomic mass is 10.1. The second kappa shape index (κ2) is 8.59. The molecule has 0 fully saturated rings. The Hall–Kier alpha value is -1.55. The smallest absolute Gasteiger partial charge is 0.325 e. The minimum Gasteiger partial charge on any atom is -0.494 e. The largest absolute Gasteiger partial charge is 0.494 e. The van der Waals surface area contributed by atoms with Gasteiger partial charge in [-0.05, 0) is 43.0 Å². The van der Waals surface area contributed by atoms with Gasteiger partial charge in [0.25, 0.3) is 0 Å². The summed E-state index contributed by atoms with van der Waals surface area (Å²) >= 11 is 0. The Morgan fingerprint density at radius 2 is 2.15 bits per heavy atom. The summed E-state index contributed by atoms with van der Waals surface area (Å²) in [5, 5.41) is 12.5. The topological polar surface area (TPSA) is 58.6 Å². The lowest BCUT2D eigenvalue weighted by Gasteiger charge is -2.16. The van der Waals surface area contributed by atoms with Crippen molar-refractivity contribution in [1.29, 1.82) is 0 Å². The molecule has 0 bridgehead atoms. The average molecular weight is 279 g/mol. The standard InChI is InChI=1S/C16H25NO3/c1-4-10-20-14-7-5-6-13(11-14)15(16(18)19)17-9-8-12(2)3/h5-7,11-12,15,17H,4,8-10H2,1-3H3,(H,18,19). The Kier molecular flexibility index (Phi) is 7.09. The Morgan fingerprint density at radius 1 is 1.40 bits per heavy atom. The highest BCUT2D eigenvalue weighted by Crippen LogP contribution is 2.20. The minimum atomic E-state index is -0.860. The Morgan fingerprint density at radius 3 is 2.75 bits per heavy atom. The van der Waals surface area contributed by atoms with Gasteiger partial charge in [0, 0.05) is 0 Å². The lowest BCUT2D eigenvalue weighted by molar-refractivity contribution is -0.139. The van der Waals surface area contributed by atoms with E-state index in [0.717, 1.165) is 24.2 Å². The van der Waals surface area contributed by atoms with Crippen molar-refractivity contribution in [2.24, 2.45) is 5.92 Å². The minimum absolute atomic E-state index is 0.552. The highest BCUT2D eigenvalue weighted by atomic mass is 16.5. The van der Waals surface area contributed by atoms with E-state index < -0.39 is 12.0 Å². The van der Waals surface area contributed by atoms with Gasteiger partial charge in [-0.1, -0.05) is 32.9 Å². The number of rotatable bonds is 9.